The minimum Gasteiger partial charge on any atom is -0.386 e. The van der Waals surface area contributed by atoms with Gasteiger partial charge in [0, 0.05) is 44.2 Å². The summed E-state index contributed by atoms with van der Waals surface area (Å²) in [5.41, 5.74) is 4.08. The molecule has 0 spiro atoms. The molecule has 0 radical (unpaired) electrons. The number of anilines is 2. The van der Waals surface area contributed by atoms with E-state index in [9.17, 15) is 10.2 Å². The van der Waals surface area contributed by atoms with E-state index in [0.29, 0.717) is 12.5 Å². The van der Waals surface area contributed by atoms with Crippen LogP contribution in [-0.4, -0.2) is 46.7 Å². The van der Waals surface area contributed by atoms with E-state index in [2.05, 4.69) is 65.7 Å². The number of aliphatic hydroxyl groups is 2. The van der Waals surface area contributed by atoms with E-state index < -0.39 is 11.2 Å². The molecular weight excluding hydrogens is 681 g/mol. The number of halogens is 1. The van der Waals surface area contributed by atoms with Crippen molar-refractivity contribution in [2.24, 2.45) is 18.9 Å². The summed E-state index contributed by atoms with van der Waals surface area (Å²) in [6, 6.07) is 12.2. The van der Waals surface area contributed by atoms with E-state index >= 15 is 0 Å². The lowest BCUT2D eigenvalue weighted by Gasteiger charge is -2.18. The summed E-state index contributed by atoms with van der Waals surface area (Å²) in [5.74, 6) is 2.31. The zero-order valence-electron chi connectivity index (χ0n) is 27.0. The van der Waals surface area contributed by atoms with Crippen molar-refractivity contribution in [2.45, 2.75) is 84.3 Å². The molecule has 0 saturated heterocycles. The first-order valence-electron chi connectivity index (χ1n) is 15.7. The highest BCUT2D eigenvalue weighted by molar-refractivity contribution is 14.1. The largest absolute Gasteiger partial charge is 0.386 e. The Labute approximate surface area is 277 Å². The Bertz CT molecular complexity index is 1820. The lowest BCUT2D eigenvalue weighted by molar-refractivity contribution is 0.0781. The Morgan fingerprint density at radius 3 is 1.91 bits per heavy atom. The van der Waals surface area contributed by atoms with Gasteiger partial charge in [0.15, 0.2) is 5.82 Å². The highest BCUT2D eigenvalue weighted by Gasteiger charge is 2.26. The molecule has 2 aliphatic carbocycles. The molecule has 2 aromatic carbocycles. The van der Waals surface area contributed by atoms with Gasteiger partial charge in [-0.05, 0) is 123 Å². The van der Waals surface area contributed by atoms with E-state index in [1.165, 1.54) is 31.1 Å². The number of fused-ring (bicyclic) bond motifs is 2. The van der Waals surface area contributed by atoms with Crippen molar-refractivity contribution >= 4 is 55.9 Å². The maximum atomic E-state index is 10.4. The fraction of sp³-hybridized carbons (Fsp3) is 0.500. The molecule has 3 heterocycles. The predicted octanol–water partition coefficient (Wildman–Crippen LogP) is 6.58. The van der Waals surface area contributed by atoms with Crippen LogP contribution < -0.4 is 5.32 Å². The minimum atomic E-state index is -0.883. The molecule has 0 aliphatic heterocycles. The quantitative estimate of drug-likeness (QED) is 0.140. The molecule has 11 heteroatoms. The molecule has 240 valence electrons. The molecule has 3 N–H and O–H groups in total. The Morgan fingerprint density at radius 2 is 1.38 bits per heavy atom. The molecule has 5 aromatic rings. The average Bonchev–Trinajstić information content (AvgIpc) is 3.88. The first kappa shape index (κ1) is 32.0. The summed E-state index contributed by atoms with van der Waals surface area (Å²) in [7, 11) is 3.56. The van der Waals surface area contributed by atoms with Crippen LogP contribution in [0.5, 0.6) is 0 Å². The summed E-state index contributed by atoms with van der Waals surface area (Å²) in [4.78, 5) is 0. The van der Waals surface area contributed by atoms with Crippen molar-refractivity contribution < 1.29 is 14.9 Å². The summed E-state index contributed by atoms with van der Waals surface area (Å²) in [5, 5.41) is 40.1. The van der Waals surface area contributed by atoms with Crippen LogP contribution in [-0.2, 0) is 42.7 Å². The zero-order valence-corrected chi connectivity index (χ0v) is 29.2. The van der Waals surface area contributed by atoms with Crippen LogP contribution in [0, 0.1) is 15.5 Å². The summed E-state index contributed by atoms with van der Waals surface area (Å²) >= 11 is 2.28. The van der Waals surface area contributed by atoms with Crippen molar-refractivity contribution in [2.75, 3.05) is 12.4 Å². The van der Waals surface area contributed by atoms with E-state index in [0.717, 1.165) is 67.5 Å². The third-order valence-corrected chi connectivity index (χ3v) is 9.36. The number of aromatic nitrogens is 6. The van der Waals surface area contributed by atoms with E-state index in [1.807, 2.05) is 59.1 Å². The summed E-state index contributed by atoms with van der Waals surface area (Å²) < 4.78 is 12.2. The molecule has 3 aromatic heterocycles. The number of hydrogen-bond donors (Lipinski definition) is 3. The second-order valence-electron chi connectivity index (χ2n) is 13.7. The second-order valence-corrected chi connectivity index (χ2v) is 14.7. The minimum absolute atomic E-state index is 0.437. The molecule has 2 saturated carbocycles. The van der Waals surface area contributed by atoms with Crippen LogP contribution >= 0.6 is 22.6 Å². The van der Waals surface area contributed by atoms with Gasteiger partial charge < -0.3 is 20.3 Å². The van der Waals surface area contributed by atoms with Crippen molar-refractivity contribution in [3.63, 3.8) is 0 Å². The Hall–Kier alpha value is -3.00. The number of hydrogen-bond acceptors (Lipinski definition) is 7. The number of ether oxygens (including phenoxy) is 1. The highest BCUT2D eigenvalue weighted by Crippen LogP contribution is 2.36. The van der Waals surface area contributed by atoms with E-state index in [1.54, 1.807) is 11.8 Å². The van der Waals surface area contributed by atoms with E-state index in [4.69, 9.17) is 9.84 Å². The van der Waals surface area contributed by atoms with Crippen LogP contribution in [0.1, 0.15) is 70.2 Å². The molecule has 0 unspecified atom stereocenters. The lowest BCUT2D eigenvalue weighted by atomic mass is 9.97. The fourth-order valence-corrected chi connectivity index (χ4v) is 6.26. The van der Waals surface area contributed by atoms with Crippen LogP contribution in [0.15, 0.2) is 42.6 Å². The molecule has 2 fully saturated rings. The van der Waals surface area contributed by atoms with Gasteiger partial charge in [0.1, 0.15) is 9.39 Å². The fourth-order valence-electron chi connectivity index (χ4n) is 5.54. The van der Waals surface area contributed by atoms with Crippen molar-refractivity contribution in [3.8, 4) is 0 Å². The second kappa shape index (κ2) is 12.3. The van der Waals surface area contributed by atoms with Crippen molar-refractivity contribution in [1.29, 1.82) is 0 Å². The number of nitrogens with one attached hydrogen (secondary N) is 1. The third kappa shape index (κ3) is 7.37. The molecule has 2 aliphatic rings. The highest BCUT2D eigenvalue weighted by atomic mass is 127. The lowest BCUT2D eigenvalue weighted by Crippen LogP contribution is -2.15. The number of aryl methyl sites for hydroxylation is 1. The summed E-state index contributed by atoms with van der Waals surface area (Å²) in [6.45, 7) is 9.61. The van der Waals surface area contributed by atoms with Gasteiger partial charge in [-0.3, -0.25) is 14.0 Å². The standard InChI is InChI=1S/C20H27N5O2.C14H17IN2O/c1-20(2,26)14-7-8-15-18(9-14)25(10-13-5-6-13)23-19(15)21-16-11-24(3)22-17(16)12-27-4;1-14(2,18)10-5-6-11-12(7-10)17(16-13(11)15)8-9-3-4-9/h7-9,11,13,26H,5-6,10,12H2,1-4H3,(H,21,23);5-7,9,18H,3-4,8H2,1-2H3. The molecule has 0 bridgehead atoms. The SMILES string of the molecule is CC(C)(O)c1ccc2c(I)nn(CC3CC3)c2c1.COCc1nn(C)cc1Nc1nn(CC2CC2)c2cc(C(C)(C)O)ccc12. The van der Waals surface area contributed by atoms with Crippen LogP contribution in [0.25, 0.3) is 21.8 Å². The molecule has 0 amide bonds. The molecule has 10 nitrogen and oxygen atoms in total. The van der Waals surface area contributed by atoms with Crippen molar-refractivity contribution in [1.82, 2.24) is 29.3 Å². The molecule has 7 rings (SSSR count). The maximum Gasteiger partial charge on any atom is 0.160 e. The normalized spacial score (nSPS) is 15.5. The van der Waals surface area contributed by atoms with Gasteiger partial charge in [-0.25, -0.2) is 0 Å². The smallest absolute Gasteiger partial charge is 0.160 e. The molecular formula is C34H44IN7O3. The molecule has 0 atom stereocenters. The van der Waals surface area contributed by atoms with Crippen LogP contribution in [0.4, 0.5) is 11.5 Å². The first-order chi connectivity index (χ1) is 21.3. The number of nitrogens with zero attached hydrogens (tertiary/aromatic N) is 6. The zero-order chi connectivity index (χ0) is 32.1. The average molecular weight is 726 g/mol. The Morgan fingerprint density at radius 1 is 0.844 bits per heavy atom. The number of methoxy groups -OCH3 is 1. The van der Waals surface area contributed by atoms with Gasteiger partial charge >= 0.3 is 0 Å². The third-order valence-electron chi connectivity index (χ3n) is 8.57. The van der Waals surface area contributed by atoms with Gasteiger partial charge in [-0.15, -0.1) is 0 Å². The van der Waals surface area contributed by atoms with Gasteiger partial charge in [0.05, 0.1) is 34.5 Å². The number of rotatable bonds is 10. The first-order valence-corrected chi connectivity index (χ1v) is 16.8. The predicted molar refractivity (Wildman–Crippen MR) is 185 cm³/mol. The van der Waals surface area contributed by atoms with Gasteiger partial charge in [0.2, 0.25) is 0 Å². The van der Waals surface area contributed by atoms with Gasteiger partial charge in [0.25, 0.3) is 0 Å². The Kier molecular flexibility index (Phi) is 8.74. The summed E-state index contributed by atoms with van der Waals surface area (Å²) in [6.07, 6.45) is 7.10. The van der Waals surface area contributed by atoms with Crippen LogP contribution in [0.3, 0.4) is 0 Å². The van der Waals surface area contributed by atoms with E-state index in [-0.39, 0.29) is 0 Å². The van der Waals surface area contributed by atoms with Gasteiger partial charge in [-0.1, -0.05) is 12.1 Å². The number of benzene rings is 2. The molecule has 45 heavy (non-hydrogen) atoms. The topological polar surface area (TPSA) is 115 Å². The van der Waals surface area contributed by atoms with Crippen molar-refractivity contribution in [3.05, 3.63) is 63.1 Å². The maximum absolute atomic E-state index is 10.4. The van der Waals surface area contributed by atoms with Gasteiger partial charge in [-0.2, -0.15) is 15.3 Å². The monoisotopic (exact) mass is 725 g/mol. The Balaban J connectivity index is 0.000000172. The van der Waals surface area contributed by atoms with Crippen LogP contribution in [0.2, 0.25) is 0 Å².